The van der Waals surface area contributed by atoms with Gasteiger partial charge in [0, 0.05) is 83.6 Å². The van der Waals surface area contributed by atoms with Crippen LogP contribution in [0, 0.1) is 35.5 Å². The Kier molecular flexibility index (Phi) is 22.5. The molecule has 2 amide bonds. The van der Waals surface area contributed by atoms with Gasteiger partial charge in [-0.1, -0.05) is 52.7 Å². The molecule has 18 heteroatoms. The van der Waals surface area contributed by atoms with E-state index in [-0.39, 0.29) is 95.6 Å². The average molecular weight is 1090 g/mol. The molecule has 5 aromatic rings. The number of hydrogen-bond acceptors (Lipinski definition) is 13. The van der Waals surface area contributed by atoms with Crippen molar-refractivity contribution in [2.24, 2.45) is 35.5 Å². The first-order valence-electron chi connectivity index (χ1n) is 27.1. The van der Waals surface area contributed by atoms with Crippen LogP contribution in [0.3, 0.4) is 0 Å². The van der Waals surface area contributed by atoms with Crippen molar-refractivity contribution in [3.05, 3.63) is 90.0 Å². The maximum absolute atomic E-state index is 13.7. The van der Waals surface area contributed by atoms with E-state index in [1.54, 1.807) is 32.4 Å². The number of fused-ring (bicyclic) bond motifs is 2. The number of H-pyrrole nitrogens is 2. The van der Waals surface area contributed by atoms with Crippen LogP contribution >= 0.6 is 11.6 Å². The molecule has 0 unspecified atom stereocenters. The van der Waals surface area contributed by atoms with Crippen LogP contribution in [-0.2, 0) is 33.5 Å². The number of benzene rings is 2. The molecule has 78 heavy (non-hydrogen) atoms. The zero-order valence-electron chi connectivity index (χ0n) is 45.6. The van der Waals surface area contributed by atoms with Gasteiger partial charge in [-0.3, -0.25) is 43.3 Å². The predicted molar refractivity (Wildman–Crippen MR) is 296 cm³/mol. The van der Waals surface area contributed by atoms with Gasteiger partial charge < -0.3 is 34.8 Å². The molecule has 2 aliphatic rings. The minimum atomic E-state index is -1.04. The van der Waals surface area contributed by atoms with E-state index in [1.807, 2.05) is 64.1 Å². The summed E-state index contributed by atoms with van der Waals surface area (Å²) in [6.07, 6.45) is 9.86. The number of ketones is 6. The lowest BCUT2D eigenvalue weighted by molar-refractivity contribution is -0.133. The maximum Gasteiger partial charge on any atom is 0.340 e. The average Bonchev–Trinajstić information content (AvgIpc) is 4.11. The summed E-state index contributed by atoms with van der Waals surface area (Å²) in [6.45, 7) is 7.32. The first-order chi connectivity index (χ1) is 37.4. The molecule has 7 rings (SSSR count). The van der Waals surface area contributed by atoms with Crippen molar-refractivity contribution in [3.63, 3.8) is 0 Å². The van der Waals surface area contributed by atoms with E-state index < -0.39 is 48.2 Å². The predicted octanol–water partition coefficient (Wildman–Crippen LogP) is 9.72. The van der Waals surface area contributed by atoms with Crippen molar-refractivity contribution in [3.8, 4) is 11.5 Å². The maximum atomic E-state index is 13.7. The van der Waals surface area contributed by atoms with Gasteiger partial charge in [-0.2, -0.15) is 0 Å². The normalized spacial score (nSPS) is 17.1. The zero-order valence-corrected chi connectivity index (χ0v) is 46.3. The summed E-state index contributed by atoms with van der Waals surface area (Å²) in [5.74, 6) is -3.17. The fourth-order valence-corrected chi connectivity index (χ4v) is 10.7. The third-order valence-corrected chi connectivity index (χ3v) is 14.9. The number of aromatic nitrogens is 3. The van der Waals surface area contributed by atoms with Crippen molar-refractivity contribution in [2.75, 3.05) is 26.7 Å². The van der Waals surface area contributed by atoms with Crippen molar-refractivity contribution in [2.45, 2.75) is 130 Å². The standard InChI is InChI=1S/C33H39N3O7.C27H35ClN2O5/c1-20(2)14-23(16-29(38)27-17-24-25(35-27)10-6-12-31(24)42-3)32(40)36-26(15-21-8-4-5-11-28(21)37)30(39)19-43-33(41)22-9-7-13-34-18-22;1-16(2)11-18(13-24(32)22-14-19-20(29-22)8-6-10-26(19)35-3)27(34)30-21(25(33)15-28)12-17-7-4-5-9-23(17)31/h6-7,9-10,12-13,17-18,20-21,23,26,35H,4-5,8,11,14-16,19H2,1-3H3,(H,36,40);6,8,10,14,16-18,21,29H,4-5,7,9,11-13,15H2,1-3H3,(H,30,34)/t21-,23+,26-;17-,18+,21-/m00/s1. The number of rotatable bonds is 26. The van der Waals surface area contributed by atoms with E-state index in [0.717, 1.165) is 53.9 Å². The fraction of sp³-hybridized carbons (Fsp3) is 0.500. The number of halogens is 1. The molecule has 4 N–H and O–H groups in total. The quantitative estimate of drug-likeness (QED) is 0.0229. The molecule has 2 aromatic carbocycles. The van der Waals surface area contributed by atoms with Crippen LogP contribution in [0.5, 0.6) is 11.5 Å². The summed E-state index contributed by atoms with van der Waals surface area (Å²) < 4.78 is 16.0. The molecule has 17 nitrogen and oxygen atoms in total. The number of carbonyl (C=O) groups excluding carboxylic acids is 9. The third kappa shape index (κ3) is 16.7. The van der Waals surface area contributed by atoms with E-state index in [9.17, 15) is 43.2 Å². The van der Waals surface area contributed by atoms with Gasteiger partial charge in [-0.15, -0.1) is 11.6 Å². The molecule has 0 bridgehead atoms. The molecule has 6 atom stereocenters. The Morgan fingerprint density at radius 1 is 0.654 bits per heavy atom. The summed E-state index contributed by atoms with van der Waals surface area (Å²) in [4.78, 5) is 127. The van der Waals surface area contributed by atoms with Crippen LogP contribution < -0.4 is 20.1 Å². The summed E-state index contributed by atoms with van der Waals surface area (Å²) >= 11 is 5.82. The van der Waals surface area contributed by atoms with Gasteiger partial charge in [-0.25, -0.2) is 4.79 Å². The van der Waals surface area contributed by atoms with E-state index in [2.05, 4.69) is 25.6 Å². The van der Waals surface area contributed by atoms with Gasteiger partial charge in [0.1, 0.15) is 23.1 Å². The van der Waals surface area contributed by atoms with E-state index >= 15 is 0 Å². The number of Topliss-reactive ketones (excluding diaryl/α,β-unsaturated/α-hetero) is 6. The summed E-state index contributed by atoms with van der Waals surface area (Å²) in [7, 11) is 3.14. The van der Waals surface area contributed by atoms with Crippen LogP contribution in [0.25, 0.3) is 21.8 Å². The molecule has 3 aromatic heterocycles. The number of ether oxygens (including phenoxy) is 3. The second-order valence-electron chi connectivity index (χ2n) is 21.4. The minimum absolute atomic E-state index is 0.00327. The van der Waals surface area contributed by atoms with Crippen LogP contribution in [0.1, 0.15) is 149 Å². The molecule has 0 saturated heterocycles. The lowest BCUT2D eigenvalue weighted by atomic mass is 9.82. The molecule has 0 spiro atoms. The second kappa shape index (κ2) is 29.1. The van der Waals surface area contributed by atoms with Gasteiger partial charge in [-0.05, 0) is 112 Å². The van der Waals surface area contributed by atoms with Crippen LogP contribution in [0.4, 0.5) is 0 Å². The molecule has 3 heterocycles. The van der Waals surface area contributed by atoms with Gasteiger partial charge in [0.25, 0.3) is 0 Å². The zero-order chi connectivity index (χ0) is 56.5. The SMILES string of the molecule is COc1cccc2[nH]c(C(=O)C[C@@H](CC(C)C)C(=O)N[C@@H](C[C@@H]3CCCCC3=O)C(=O)CCl)cc12.COc1cccc2[nH]c(C(=O)C[C@@H](CC(C)C)C(=O)N[C@@H](C[C@@H]3CCCCC3=O)C(=O)COC(=O)c3cccnc3)cc12. The molecular formula is C60H74ClN5O12. The van der Waals surface area contributed by atoms with Gasteiger partial charge in [0.2, 0.25) is 11.8 Å². The first kappa shape index (κ1) is 60.2. The first-order valence-corrected chi connectivity index (χ1v) is 27.6. The van der Waals surface area contributed by atoms with Crippen molar-refractivity contribution >= 4 is 85.9 Å². The number of aromatic amines is 2. The number of esters is 1. The highest BCUT2D eigenvalue weighted by Gasteiger charge is 2.35. The summed E-state index contributed by atoms with van der Waals surface area (Å²) in [5, 5.41) is 7.23. The highest BCUT2D eigenvalue weighted by Crippen LogP contribution is 2.31. The number of pyridine rings is 1. The van der Waals surface area contributed by atoms with Crippen LogP contribution in [-0.4, -0.2) is 106 Å². The Bertz CT molecular complexity index is 2930. The Morgan fingerprint density at radius 2 is 1.13 bits per heavy atom. The van der Waals surface area contributed by atoms with Crippen molar-refractivity contribution < 1.29 is 57.4 Å². The van der Waals surface area contributed by atoms with Gasteiger partial charge in [0.05, 0.1) is 49.1 Å². The molecule has 0 radical (unpaired) electrons. The van der Waals surface area contributed by atoms with E-state index in [0.29, 0.717) is 55.0 Å². The Balaban J connectivity index is 0.000000258. The number of nitrogens with zero attached hydrogens (tertiary/aromatic N) is 1. The summed E-state index contributed by atoms with van der Waals surface area (Å²) in [6, 6.07) is 15.7. The minimum Gasteiger partial charge on any atom is -0.496 e. The Hall–Kier alpha value is -7.01. The fourth-order valence-electron chi connectivity index (χ4n) is 10.5. The second-order valence-corrected chi connectivity index (χ2v) is 21.7. The van der Waals surface area contributed by atoms with Gasteiger partial charge in [0.15, 0.2) is 29.7 Å². The topological polar surface area (TPSA) is 250 Å². The highest BCUT2D eigenvalue weighted by atomic mass is 35.5. The lowest BCUT2D eigenvalue weighted by Gasteiger charge is -2.27. The van der Waals surface area contributed by atoms with Crippen LogP contribution in [0.2, 0.25) is 0 Å². The molecular weight excluding hydrogens is 1020 g/mol. The Morgan fingerprint density at radius 3 is 1.54 bits per heavy atom. The number of amides is 2. The monoisotopic (exact) mass is 1090 g/mol. The number of alkyl halides is 1. The van der Waals surface area contributed by atoms with Crippen molar-refractivity contribution in [1.82, 2.24) is 25.6 Å². The Labute approximate surface area is 460 Å². The lowest BCUT2D eigenvalue weighted by Crippen LogP contribution is -2.47. The van der Waals surface area contributed by atoms with E-state index in [1.165, 1.54) is 18.5 Å². The third-order valence-electron chi connectivity index (χ3n) is 14.6. The largest absolute Gasteiger partial charge is 0.496 e. The van der Waals surface area contributed by atoms with Gasteiger partial charge >= 0.3 is 5.97 Å². The number of methoxy groups -OCH3 is 2. The molecule has 2 saturated carbocycles. The summed E-state index contributed by atoms with van der Waals surface area (Å²) in [5.41, 5.74) is 2.50. The number of hydrogen-bond donors (Lipinski definition) is 4. The molecule has 0 aliphatic heterocycles. The van der Waals surface area contributed by atoms with Crippen LogP contribution in [0.15, 0.2) is 73.1 Å². The molecule has 2 aliphatic carbocycles. The van der Waals surface area contributed by atoms with E-state index in [4.69, 9.17) is 25.8 Å². The number of nitrogens with one attached hydrogen (secondary N) is 4. The molecule has 418 valence electrons. The molecule has 2 fully saturated rings. The van der Waals surface area contributed by atoms with Crippen molar-refractivity contribution in [1.29, 1.82) is 0 Å². The highest BCUT2D eigenvalue weighted by molar-refractivity contribution is 6.28. The number of carbonyl (C=O) groups is 9. The smallest absolute Gasteiger partial charge is 0.340 e.